The summed E-state index contributed by atoms with van der Waals surface area (Å²) < 4.78 is 32.7. The van der Waals surface area contributed by atoms with Crippen LogP contribution in [0.3, 0.4) is 0 Å². The topological polar surface area (TPSA) is 61.7 Å². The molecule has 0 spiro atoms. The lowest BCUT2D eigenvalue weighted by Gasteiger charge is -2.04. The third-order valence-corrected chi connectivity index (χ3v) is 25.0. The van der Waals surface area contributed by atoms with Gasteiger partial charge >= 0.3 is 0 Å². The van der Waals surface area contributed by atoms with Crippen LogP contribution in [-0.2, 0) is 95.1 Å². The van der Waals surface area contributed by atoms with Crippen molar-refractivity contribution in [2.45, 2.75) is 260 Å². The Hall–Kier alpha value is -9.17. The van der Waals surface area contributed by atoms with Gasteiger partial charge in [-0.25, -0.2) is 63.9 Å². The fourth-order valence-corrected chi connectivity index (χ4v) is 17.4. The summed E-state index contributed by atoms with van der Waals surface area (Å²) in [7, 11) is 15.0. The first-order chi connectivity index (χ1) is 50.7. The zero-order valence-corrected chi connectivity index (χ0v) is 74.6. The van der Waals surface area contributed by atoms with Crippen LogP contribution in [0.4, 0.5) is 0 Å². The zero-order chi connectivity index (χ0) is 80.8. The molecule has 0 atom stereocenters. The third-order valence-electron chi connectivity index (χ3n) is 25.0. The second-order valence-corrected chi connectivity index (χ2v) is 31.1. The van der Waals surface area contributed by atoms with Gasteiger partial charge in [0.1, 0.15) is 0 Å². The molecule has 578 valence electrons. The molecule has 14 aromatic rings. The maximum atomic E-state index is 2.41. The summed E-state index contributed by atoms with van der Waals surface area (Å²) in [5.74, 6) is 9.26. The molecule has 0 N–H and O–H groups in total. The van der Waals surface area contributed by atoms with Gasteiger partial charge in [-0.05, 0) is 241 Å². The molecule has 0 unspecified atom stereocenters. The van der Waals surface area contributed by atoms with Crippen LogP contribution in [0, 0.1) is 166 Å². The first-order valence-corrected chi connectivity index (χ1v) is 39.9. The van der Waals surface area contributed by atoms with Crippen LogP contribution in [0.25, 0.3) is 77.2 Å². The van der Waals surface area contributed by atoms with Crippen molar-refractivity contribution >= 4 is 77.2 Å². The molecule has 7 heterocycles. The van der Waals surface area contributed by atoms with E-state index in [0.29, 0.717) is 0 Å². The molecule has 0 fully saturated rings. The summed E-state index contributed by atoms with van der Waals surface area (Å²) in [6, 6.07) is 24.8. The van der Waals surface area contributed by atoms with Crippen LogP contribution >= 0.6 is 0 Å². The van der Waals surface area contributed by atoms with Crippen molar-refractivity contribution in [3.63, 3.8) is 0 Å². The molecular formula is C94H139N14+7. The molecule has 14 heteroatoms. The van der Waals surface area contributed by atoms with Crippen LogP contribution in [0.5, 0.6) is 0 Å². The van der Waals surface area contributed by atoms with Gasteiger partial charge in [0, 0.05) is 98.5 Å². The van der Waals surface area contributed by atoms with Gasteiger partial charge in [0.25, 0.3) is 40.8 Å². The SMILES string of the molecule is CC[n+]1c(C)n(C)c2cc(C)cc(C)c21.CC[n+]1c(C)n(C)c2ccc(C)c(C)c21.CCn1c(C)[n+](C)c2c(C)c(C)c(C)cc21.CCn1c(C)[n+](C)c2c(C)c(C)cc(C)c21.CCn1c(C)[n+](C)c2c(C)cc(C)c(C)c21.CCn1c(C)[n+](C)c2c(C)ccc(C)c21.CCn1c(C)[n+](C)c2cc(C)c(C)cc21. The molecule has 0 aliphatic carbocycles. The summed E-state index contributed by atoms with van der Waals surface area (Å²) in [4.78, 5) is 0. The smallest absolute Gasteiger partial charge is 0.230 e. The third kappa shape index (κ3) is 15.1. The Morgan fingerprint density at radius 1 is 0.241 bits per heavy atom. The zero-order valence-electron chi connectivity index (χ0n) is 74.6. The molecule has 0 bridgehead atoms. The number of hydrogen-bond donors (Lipinski definition) is 0. The Bertz CT molecular complexity index is 5730. The lowest BCUT2D eigenvalue weighted by Crippen LogP contribution is -2.35. The molecule has 0 aliphatic rings. The number of aromatic nitrogens is 14. The summed E-state index contributed by atoms with van der Waals surface area (Å²) >= 11 is 0. The summed E-state index contributed by atoms with van der Waals surface area (Å²) in [5.41, 5.74) is 42.6. The molecule has 0 saturated carbocycles. The Morgan fingerprint density at radius 2 is 0.620 bits per heavy atom. The van der Waals surface area contributed by atoms with E-state index < -0.39 is 0 Å². The van der Waals surface area contributed by atoms with Crippen LogP contribution in [0.1, 0.15) is 184 Å². The van der Waals surface area contributed by atoms with Crippen LogP contribution < -0.4 is 32.0 Å². The van der Waals surface area contributed by atoms with Gasteiger partial charge in [0.15, 0.2) is 77.2 Å². The first kappa shape index (κ1) is 84.5. The summed E-state index contributed by atoms with van der Waals surface area (Å²) in [6.07, 6.45) is 0. The largest absolute Gasteiger partial charge is 0.254 e. The van der Waals surface area contributed by atoms with Gasteiger partial charge < -0.3 is 0 Å². The lowest BCUT2D eigenvalue weighted by atomic mass is 10.0. The van der Waals surface area contributed by atoms with E-state index in [9.17, 15) is 0 Å². The summed E-state index contributed by atoms with van der Waals surface area (Å²) in [5, 5.41) is 0. The normalized spacial score (nSPS) is 11.3. The predicted molar refractivity (Wildman–Crippen MR) is 455 cm³/mol. The number of aryl methyl sites for hydroxylation is 30. The van der Waals surface area contributed by atoms with Crippen molar-refractivity contribution in [1.29, 1.82) is 0 Å². The van der Waals surface area contributed by atoms with Crippen molar-refractivity contribution in [2.75, 3.05) is 0 Å². The molecule has 7 aromatic carbocycles. The average Bonchev–Trinajstić information content (AvgIpc) is 1.57. The van der Waals surface area contributed by atoms with Crippen LogP contribution in [0.15, 0.2) is 66.7 Å². The fraction of sp³-hybridized carbons (Fsp3) is 0.479. The standard InChI is InChI=1S/3C14H21N2.4C13H19N2/c1-7-16-12(5)15(6)14-11(4)10(3)9(2)8-13(14)16;1-7-16-12(5)15(6)14-11(4)9(2)8-10(3)13(14)16;1-7-16-12(5)15(6)13-10(3)8-9(2)11(4)14(13)16;1-6-15-11(4)14(5)12-7-9(2)10(3)8-13(12)15;1-6-15-11(4)14(5)12-8-9(2)7-10(3)13(12)15;1-6-15-11(4)14(5)12-8-7-9(2)10(3)13(12)15;1-6-15-11(4)14(5)12-9(2)7-8-10(3)13(12)15/h3*8H,7H2,1-6H3;4*7-8H,6H2,1-5H3/q7*+1. The van der Waals surface area contributed by atoms with E-state index in [1.54, 1.807) is 0 Å². The molecule has 0 saturated heterocycles. The van der Waals surface area contributed by atoms with Crippen molar-refractivity contribution in [3.8, 4) is 0 Å². The molecule has 108 heavy (non-hydrogen) atoms. The van der Waals surface area contributed by atoms with Gasteiger partial charge in [-0.15, -0.1) is 0 Å². The van der Waals surface area contributed by atoms with E-state index in [1.165, 1.54) is 213 Å². The Labute approximate surface area is 649 Å². The molecule has 0 aliphatic heterocycles. The minimum Gasteiger partial charge on any atom is -0.230 e. The highest BCUT2D eigenvalue weighted by molar-refractivity contribution is 5.84. The van der Waals surface area contributed by atoms with E-state index in [-0.39, 0.29) is 0 Å². The Morgan fingerprint density at radius 3 is 1.16 bits per heavy atom. The number of benzene rings is 7. The van der Waals surface area contributed by atoms with Gasteiger partial charge in [-0.2, -0.15) is 0 Å². The highest BCUT2D eigenvalue weighted by atomic mass is 15.2. The number of fused-ring (bicyclic) bond motifs is 7. The Balaban J connectivity index is 0.000000159. The van der Waals surface area contributed by atoms with Crippen LogP contribution in [0.2, 0.25) is 0 Å². The minimum absolute atomic E-state index is 1.03. The number of nitrogens with zero attached hydrogens (tertiary/aromatic N) is 14. The van der Waals surface area contributed by atoms with E-state index >= 15 is 0 Å². The fourth-order valence-electron chi connectivity index (χ4n) is 17.4. The van der Waals surface area contributed by atoms with E-state index in [4.69, 9.17) is 0 Å². The molecule has 14 rings (SSSR count). The second kappa shape index (κ2) is 33.8. The first-order valence-electron chi connectivity index (χ1n) is 39.9. The molecule has 0 radical (unpaired) electrons. The van der Waals surface area contributed by atoms with Crippen molar-refractivity contribution in [3.05, 3.63) is 202 Å². The van der Waals surface area contributed by atoms with Crippen molar-refractivity contribution in [2.24, 2.45) is 49.3 Å². The highest BCUT2D eigenvalue weighted by Gasteiger charge is 2.28. The van der Waals surface area contributed by atoms with E-state index in [0.717, 1.165) is 45.8 Å². The van der Waals surface area contributed by atoms with Crippen LogP contribution in [-0.4, -0.2) is 32.0 Å². The Kier molecular flexibility index (Phi) is 26.4. The van der Waals surface area contributed by atoms with Crippen molar-refractivity contribution < 1.29 is 32.0 Å². The van der Waals surface area contributed by atoms with Gasteiger partial charge in [0.05, 0.1) is 95.1 Å². The lowest BCUT2D eigenvalue weighted by molar-refractivity contribution is -0.675. The number of imidazole rings is 7. The molecule has 7 aromatic heterocycles. The summed E-state index contributed by atoms with van der Waals surface area (Å²) in [6.45, 7) is 75.3. The predicted octanol–water partition coefficient (Wildman–Crippen LogP) is 17.8. The quantitative estimate of drug-likeness (QED) is 0.143. The minimum atomic E-state index is 1.03. The maximum Gasteiger partial charge on any atom is 0.254 e. The monoisotopic (exact) mass is 1460 g/mol. The number of rotatable bonds is 7. The highest BCUT2D eigenvalue weighted by Crippen LogP contribution is 2.29. The maximum absolute atomic E-state index is 2.41. The number of hydrogen-bond acceptors (Lipinski definition) is 0. The van der Waals surface area contributed by atoms with E-state index in [1.807, 2.05) is 0 Å². The average molecular weight is 1470 g/mol. The van der Waals surface area contributed by atoms with Gasteiger partial charge in [0.2, 0.25) is 0 Å². The van der Waals surface area contributed by atoms with Gasteiger partial charge in [-0.3, -0.25) is 0 Å². The molecule has 14 nitrogen and oxygen atoms in total. The second-order valence-electron chi connectivity index (χ2n) is 31.1. The van der Waals surface area contributed by atoms with Gasteiger partial charge in [-0.1, -0.05) is 36.4 Å². The van der Waals surface area contributed by atoms with E-state index in [2.05, 4.69) is 395 Å². The molecular weight excluding hydrogens is 1330 g/mol. The van der Waals surface area contributed by atoms with Crippen molar-refractivity contribution in [1.82, 2.24) is 32.0 Å². The molecule has 0 amide bonds.